The smallest absolute Gasteiger partial charge is 0.254 e. The Labute approximate surface area is 127 Å². The summed E-state index contributed by atoms with van der Waals surface area (Å²) in [6, 6.07) is 9.10. The lowest BCUT2D eigenvalue weighted by Gasteiger charge is -2.16. The van der Waals surface area contributed by atoms with Crippen molar-refractivity contribution in [1.82, 2.24) is 4.90 Å². The fourth-order valence-electron chi connectivity index (χ4n) is 1.73. The fraction of sp³-hybridized carbons (Fsp3) is 0.267. The lowest BCUT2D eigenvalue weighted by molar-refractivity contribution is 0.0788. The number of halogens is 1. The van der Waals surface area contributed by atoms with Crippen molar-refractivity contribution >= 4 is 28.8 Å². The molecule has 0 bridgehead atoms. The first-order chi connectivity index (χ1) is 9.66. The van der Waals surface area contributed by atoms with Crippen LogP contribution in [-0.2, 0) is 0 Å². The third-order valence-corrected chi connectivity index (χ3v) is 3.77. The molecule has 0 spiro atoms. The van der Waals surface area contributed by atoms with Gasteiger partial charge in [0.2, 0.25) is 0 Å². The van der Waals surface area contributed by atoms with E-state index in [1.165, 1.54) is 11.3 Å². The van der Waals surface area contributed by atoms with Gasteiger partial charge in [0, 0.05) is 24.0 Å². The predicted octanol–water partition coefficient (Wildman–Crippen LogP) is 3.94. The van der Waals surface area contributed by atoms with Crippen molar-refractivity contribution in [3.8, 4) is 5.75 Å². The highest BCUT2D eigenvalue weighted by atomic mass is 35.5. The van der Waals surface area contributed by atoms with Crippen molar-refractivity contribution in [3.63, 3.8) is 0 Å². The van der Waals surface area contributed by atoms with Gasteiger partial charge in [-0.15, -0.1) is 0 Å². The van der Waals surface area contributed by atoms with Crippen LogP contribution in [0.4, 0.5) is 0 Å². The fourth-order valence-corrected chi connectivity index (χ4v) is 2.49. The summed E-state index contributed by atoms with van der Waals surface area (Å²) in [5.41, 5.74) is 0.746. The van der Waals surface area contributed by atoms with E-state index in [9.17, 15) is 4.79 Å². The second-order valence-corrected chi connectivity index (χ2v) is 5.61. The van der Waals surface area contributed by atoms with Gasteiger partial charge in [-0.1, -0.05) is 11.6 Å². The molecule has 0 saturated heterocycles. The number of rotatable bonds is 6. The van der Waals surface area contributed by atoms with E-state index in [1.807, 2.05) is 36.0 Å². The van der Waals surface area contributed by atoms with Crippen LogP contribution in [0.2, 0.25) is 5.02 Å². The zero-order valence-electron chi connectivity index (χ0n) is 11.2. The van der Waals surface area contributed by atoms with Crippen molar-refractivity contribution in [2.75, 3.05) is 20.2 Å². The summed E-state index contributed by atoms with van der Waals surface area (Å²) in [6.45, 7) is 1.24. The van der Waals surface area contributed by atoms with Crippen molar-refractivity contribution in [2.45, 2.75) is 6.42 Å². The lowest BCUT2D eigenvalue weighted by Crippen LogP contribution is -2.28. The minimum atomic E-state index is 0.0535. The first-order valence-electron chi connectivity index (χ1n) is 6.33. The summed E-state index contributed by atoms with van der Waals surface area (Å²) >= 11 is 7.33. The van der Waals surface area contributed by atoms with Crippen LogP contribution in [0.1, 0.15) is 16.8 Å². The second-order valence-electron chi connectivity index (χ2n) is 4.39. The van der Waals surface area contributed by atoms with Gasteiger partial charge in [0.15, 0.2) is 0 Å². The molecule has 1 amide bonds. The zero-order chi connectivity index (χ0) is 14.4. The van der Waals surface area contributed by atoms with Crippen LogP contribution >= 0.6 is 22.9 Å². The van der Waals surface area contributed by atoms with Crippen molar-refractivity contribution in [3.05, 3.63) is 51.7 Å². The molecule has 1 aromatic carbocycles. The maximum Gasteiger partial charge on any atom is 0.254 e. The Kier molecular flexibility index (Phi) is 5.44. The van der Waals surface area contributed by atoms with E-state index in [0.29, 0.717) is 18.2 Å². The molecule has 0 atom stereocenters. The molecule has 0 N–H and O–H groups in total. The molecule has 1 aromatic heterocycles. The Hall–Kier alpha value is -1.52. The summed E-state index contributed by atoms with van der Waals surface area (Å²) < 4.78 is 5.59. The minimum absolute atomic E-state index is 0.0535. The highest BCUT2D eigenvalue weighted by Crippen LogP contribution is 2.15. The van der Waals surface area contributed by atoms with E-state index >= 15 is 0 Å². The highest BCUT2D eigenvalue weighted by Gasteiger charge is 2.11. The standard InChI is InChI=1S/C15H16ClNO2S/c1-17(15(18)12-7-10-20-11-12)8-2-9-19-14-5-3-13(16)4-6-14/h3-7,10-11H,2,8-9H2,1H3. The molecule has 0 radical (unpaired) electrons. The van der Waals surface area contributed by atoms with Crippen LogP contribution in [0, 0.1) is 0 Å². The molecular weight excluding hydrogens is 294 g/mol. The van der Waals surface area contributed by atoms with Crippen LogP contribution in [0.15, 0.2) is 41.1 Å². The van der Waals surface area contributed by atoms with Crippen molar-refractivity contribution in [2.24, 2.45) is 0 Å². The largest absolute Gasteiger partial charge is 0.494 e. The van der Waals surface area contributed by atoms with Crippen LogP contribution in [0.25, 0.3) is 0 Å². The Balaban J connectivity index is 1.70. The first kappa shape index (κ1) is 14.9. The highest BCUT2D eigenvalue weighted by molar-refractivity contribution is 7.08. The zero-order valence-corrected chi connectivity index (χ0v) is 12.8. The van der Waals surface area contributed by atoms with Gasteiger partial charge in [0.1, 0.15) is 5.75 Å². The van der Waals surface area contributed by atoms with E-state index in [1.54, 1.807) is 17.0 Å². The molecule has 0 aliphatic carbocycles. The molecule has 2 rings (SSSR count). The Morgan fingerprint density at radius 3 is 2.70 bits per heavy atom. The van der Waals surface area contributed by atoms with E-state index in [4.69, 9.17) is 16.3 Å². The van der Waals surface area contributed by atoms with E-state index in [-0.39, 0.29) is 5.91 Å². The van der Waals surface area contributed by atoms with E-state index in [2.05, 4.69) is 0 Å². The summed E-state index contributed by atoms with van der Waals surface area (Å²) in [7, 11) is 1.81. The Bertz CT molecular complexity index is 540. The monoisotopic (exact) mass is 309 g/mol. The molecule has 3 nitrogen and oxygen atoms in total. The topological polar surface area (TPSA) is 29.5 Å². The van der Waals surface area contributed by atoms with Crippen LogP contribution in [0.5, 0.6) is 5.75 Å². The third-order valence-electron chi connectivity index (χ3n) is 2.84. The first-order valence-corrected chi connectivity index (χ1v) is 7.65. The van der Waals surface area contributed by atoms with Gasteiger partial charge in [-0.05, 0) is 42.1 Å². The van der Waals surface area contributed by atoms with Crippen LogP contribution in [-0.4, -0.2) is 31.0 Å². The molecular formula is C15H16ClNO2S. The Morgan fingerprint density at radius 2 is 2.05 bits per heavy atom. The number of carbonyl (C=O) groups is 1. The van der Waals surface area contributed by atoms with Crippen LogP contribution < -0.4 is 4.74 Å². The molecule has 0 saturated carbocycles. The summed E-state index contributed by atoms with van der Waals surface area (Å²) in [4.78, 5) is 13.7. The second kappa shape index (κ2) is 7.31. The summed E-state index contributed by atoms with van der Waals surface area (Å²) in [6.07, 6.45) is 0.787. The van der Waals surface area contributed by atoms with Crippen molar-refractivity contribution in [1.29, 1.82) is 0 Å². The van der Waals surface area contributed by atoms with Crippen LogP contribution in [0.3, 0.4) is 0 Å². The molecule has 5 heteroatoms. The molecule has 0 fully saturated rings. The van der Waals surface area contributed by atoms with E-state index in [0.717, 1.165) is 17.7 Å². The predicted molar refractivity (Wildman–Crippen MR) is 82.8 cm³/mol. The molecule has 106 valence electrons. The normalized spacial score (nSPS) is 10.3. The van der Waals surface area contributed by atoms with Gasteiger partial charge >= 0.3 is 0 Å². The van der Waals surface area contributed by atoms with Gasteiger partial charge in [0.05, 0.1) is 12.2 Å². The number of benzene rings is 1. The summed E-state index contributed by atoms with van der Waals surface area (Å²) in [5.74, 6) is 0.846. The minimum Gasteiger partial charge on any atom is -0.494 e. The maximum atomic E-state index is 12.0. The quantitative estimate of drug-likeness (QED) is 0.756. The van der Waals surface area contributed by atoms with Gasteiger partial charge in [0.25, 0.3) is 5.91 Å². The number of carbonyl (C=O) groups excluding carboxylic acids is 1. The average Bonchev–Trinajstić information content (AvgIpc) is 2.98. The number of nitrogens with zero attached hydrogens (tertiary/aromatic N) is 1. The number of hydrogen-bond acceptors (Lipinski definition) is 3. The molecule has 1 heterocycles. The number of thiophene rings is 1. The summed E-state index contributed by atoms with van der Waals surface area (Å²) in [5, 5.41) is 4.46. The molecule has 0 aliphatic rings. The number of ether oxygens (including phenoxy) is 1. The molecule has 0 aliphatic heterocycles. The van der Waals surface area contributed by atoms with Gasteiger partial charge in [-0.2, -0.15) is 11.3 Å². The van der Waals surface area contributed by atoms with E-state index < -0.39 is 0 Å². The van der Waals surface area contributed by atoms with Gasteiger partial charge < -0.3 is 9.64 Å². The Morgan fingerprint density at radius 1 is 1.30 bits per heavy atom. The lowest BCUT2D eigenvalue weighted by atomic mass is 10.3. The SMILES string of the molecule is CN(CCCOc1ccc(Cl)cc1)C(=O)c1ccsc1. The van der Waals surface area contributed by atoms with Crippen molar-refractivity contribution < 1.29 is 9.53 Å². The maximum absolute atomic E-state index is 12.0. The number of hydrogen-bond donors (Lipinski definition) is 0. The van der Waals surface area contributed by atoms with Gasteiger partial charge in [-0.3, -0.25) is 4.79 Å². The third kappa shape index (κ3) is 4.25. The molecule has 20 heavy (non-hydrogen) atoms. The number of amides is 1. The van der Waals surface area contributed by atoms with Gasteiger partial charge in [-0.25, -0.2) is 0 Å². The molecule has 2 aromatic rings. The average molecular weight is 310 g/mol. The molecule has 0 unspecified atom stereocenters.